The maximum absolute atomic E-state index is 11.0. The zero-order chi connectivity index (χ0) is 8.43. The largest absolute Gasteiger partial charge is 0.351 e. The molecule has 0 bridgehead atoms. The van der Waals surface area contributed by atoms with Crippen molar-refractivity contribution in [3.05, 3.63) is 0 Å². The van der Waals surface area contributed by atoms with Gasteiger partial charge in [0.25, 0.3) is 0 Å². The molecule has 0 spiro atoms. The van der Waals surface area contributed by atoms with Crippen LogP contribution in [0.3, 0.4) is 0 Å². The third-order valence-corrected chi connectivity index (χ3v) is 1.77. The van der Waals surface area contributed by atoms with Crippen LogP contribution in [0.15, 0.2) is 0 Å². The van der Waals surface area contributed by atoms with Crippen molar-refractivity contribution in [3.63, 3.8) is 0 Å². The number of hydrogen-bond acceptors (Lipinski definition) is 2. The number of likely N-dealkylation sites (N-methyl/N-ethyl adjacent to an activating group) is 1. The fourth-order valence-electron chi connectivity index (χ4n) is 0.947. The molecule has 0 aliphatic carbocycles. The minimum absolute atomic E-state index is 0.0601. The summed E-state index contributed by atoms with van der Waals surface area (Å²) in [7, 11) is 1.71. The molecule has 0 aromatic heterocycles. The molecular weight excluding hydrogens is 146 g/mol. The fraction of sp³-hybridized carbons (Fsp3) is 0.667. The van der Waals surface area contributed by atoms with Crippen molar-refractivity contribution < 1.29 is 9.59 Å². The highest BCUT2D eigenvalue weighted by atomic mass is 16.2. The second-order valence-corrected chi connectivity index (χ2v) is 2.58. The van der Waals surface area contributed by atoms with Crippen LogP contribution in [0, 0.1) is 0 Å². The number of hydrogen-bond donors (Lipinski definition) is 1. The van der Waals surface area contributed by atoms with Gasteiger partial charge in [-0.05, 0) is 0 Å². The molecule has 3 amide bonds. The molecule has 1 rings (SSSR count). The van der Waals surface area contributed by atoms with Gasteiger partial charge >= 0.3 is 6.03 Å². The number of primary amides is 1. The van der Waals surface area contributed by atoms with Gasteiger partial charge in [0.1, 0.15) is 6.54 Å². The number of nitrogens with zero attached hydrogens (tertiary/aromatic N) is 2. The lowest BCUT2D eigenvalue weighted by atomic mass is 10.3. The smallest absolute Gasteiger partial charge is 0.315 e. The van der Waals surface area contributed by atoms with Crippen LogP contribution in [0.25, 0.3) is 0 Å². The summed E-state index contributed by atoms with van der Waals surface area (Å²) < 4.78 is 0. The van der Waals surface area contributed by atoms with Crippen molar-refractivity contribution in [2.75, 3.05) is 26.7 Å². The molecule has 62 valence electrons. The molecule has 5 nitrogen and oxygen atoms in total. The Morgan fingerprint density at radius 2 is 2.18 bits per heavy atom. The maximum Gasteiger partial charge on any atom is 0.315 e. The Hall–Kier alpha value is -1.26. The van der Waals surface area contributed by atoms with Crippen molar-refractivity contribution in [3.8, 4) is 0 Å². The van der Waals surface area contributed by atoms with Crippen LogP contribution in [-0.4, -0.2) is 48.4 Å². The van der Waals surface area contributed by atoms with E-state index in [0.29, 0.717) is 13.1 Å². The summed E-state index contributed by atoms with van der Waals surface area (Å²) in [5.74, 6) is -0.0601. The molecule has 0 radical (unpaired) electrons. The summed E-state index contributed by atoms with van der Waals surface area (Å²) in [6, 6.07) is -0.522. The average Bonchev–Trinajstić information content (AvgIpc) is 1.94. The van der Waals surface area contributed by atoms with E-state index in [-0.39, 0.29) is 12.5 Å². The Balaban J connectivity index is 2.53. The van der Waals surface area contributed by atoms with Gasteiger partial charge in [0.15, 0.2) is 0 Å². The van der Waals surface area contributed by atoms with E-state index in [1.54, 1.807) is 11.9 Å². The number of rotatable bonds is 0. The van der Waals surface area contributed by atoms with Crippen LogP contribution in [-0.2, 0) is 4.79 Å². The number of nitrogens with two attached hydrogens (primary N) is 1. The average molecular weight is 157 g/mol. The topological polar surface area (TPSA) is 66.6 Å². The van der Waals surface area contributed by atoms with Gasteiger partial charge in [-0.15, -0.1) is 0 Å². The Kier molecular flexibility index (Phi) is 1.98. The molecule has 1 heterocycles. The number of urea groups is 1. The summed E-state index contributed by atoms with van der Waals surface area (Å²) in [5, 5.41) is 0. The molecular formula is C6H11N3O2. The van der Waals surface area contributed by atoms with Gasteiger partial charge < -0.3 is 15.5 Å². The van der Waals surface area contributed by atoms with E-state index in [2.05, 4.69) is 0 Å². The zero-order valence-electron chi connectivity index (χ0n) is 6.41. The van der Waals surface area contributed by atoms with Crippen LogP contribution in [0.2, 0.25) is 0 Å². The molecule has 1 aliphatic heterocycles. The lowest BCUT2D eigenvalue weighted by Gasteiger charge is -2.30. The standard InChI is InChI=1S/C6H11N3O2/c1-8-2-3-9(6(7)11)4-5(8)10/h2-4H2,1H3,(H2,7,11). The van der Waals surface area contributed by atoms with Crippen molar-refractivity contribution in [2.45, 2.75) is 0 Å². The monoisotopic (exact) mass is 157 g/mol. The van der Waals surface area contributed by atoms with E-state index in [1.807, 2.05) is 0 Å². The molecule has 1 saturated heterocycles. The highest BCUT2D eigenvalue weighted by Crippen LogP contribution is 1.99. The van der Waals surface area contributed by atoms with Gasteiger partial charge in [0.2, 0.25) is 5.91 Å². The summed E-state index contributed by atoms with van der Waals surface area (Å²) in [4.78, 5) is 24.5. The normalized spacial score (nSPS) is 18.8. The lowest BCUT2D eigenvalue weighted by molar-refractivity contribution is -0.133. The first kappa shape index (κ1) is 7.84. The van der Waals surface area contributed by atoms with Crippen LogP contribution >= 0.6 is 0 Å². The van der Waals surface area contributed by atoms with E-state index < -0.39 is 6.03 Å². The quantitative estimate of drug-likeness (QED) is 0.482. The Labute approximate surface area is 64.7 Å². The van der Waals surface area contributed by atoms with Crippen LogP contribution < -0.4 is 5.73 Å². The SMILES string of the molecule is CN1CCN(C(N)=O)CC1=O. The molecule has 0 aromatic rings. The summed E-state index contributed by atoms with van der Waals surface area (Å²) in [5.41, 5.74) is 4.99. The fourth-order valence-corrected chi connectivity index (χ4v) is 0.947. The van der Waals surface area contributed by atoms with Gasteiger partial charge in [-0.2, -0.15) is 0 Å². The highest BCUT2D eigenvalue weighted by Gasteiger charge is 2.22. The molecule has 1 fully saturated rings. The van der Waals surface area contributed by atoms with Gasteiger partial charge in [-0.1, -0.05) is 0 Å². The first-order chi connectivity index (χ1) is 5.11. The van der Waals surface area contributed by atoms with Crippen molar-refractivity contribution >= 4 is 11.9 Å². The maximum atomic E-state index is 11.0. The first-order valence-corrected chi connectivity index (χ1v) is 3.39. The molecule has 1 aliphatic rings. The predicted molar refractivity (Wildman–Crippen MR) is 38.8 cm³/mol. The van der Waals surface area contributed by atoms with E-state index in [4.69, 9.17) is 5.73 Å². The molecule has 0 atom stereocenters. The van der Waals surface area contributed by atoms with Crippen LogP contribution in [0.5, 0.6) is 0 Å². The second-order valence-electron chi connectivity index (χ2n) is 2.58. The van der Waals surface area contributed by atoms with Crippen LogP contribution in [0.4, 0.5) is 4.79 Å². The van der Waals surface area contributed by atoms with E-state index in [1.165, 1.54) is 4.90 Å². The van der Waals surface area contributed by atoms with Gasteiger partial charge in [-0.3, -0.25) is 4.79 Å². The Bertz CT molecular complexity index is 192. The predicted octanol–water partition coefficient (Wildman–Crippen LogP) is -1.16. The van der Waals surface area contributed by atoms with E-state index in [0.717, 1.165) is 0 Å². The summed E-state index contributed by atoms with van der Waals surface area (Å²) in [6.45, 7) is 1.23. The lowest BCUT2D eigenvalue weighted by Crippen LogP contribution is -2.52. The third-order valence-electron chi connectivity index (χ3n) is 1.77. The first-order valence-electron chi connectivity index (χ1n) is 3.39. The Morgan fingerprint density at radius 3 is 2.64 bits per heavy atom. The van der Waals surface area contributed by atoms with Gasteiger partial charge in [0, 0.05) is 20.1 Å². The zero-order valence-corrected chi connectivity index (χ0v) is 6.41. The molecule has 0 saturated carbocycles. The van der Waals surface area contributed by atoms with Crippen LogP contribution in [0.1, 0.15) is 0 Å². The van der Waals surface area contributed by atoms with Crippen molar-refractivity contribution in [1.82, 2.24) is 9.80 Å². The van der Waals surface area contributed by atoms with Crippen molar-refractivity contribution in [1.29, 1.82) is 0 Å². The molecule has 0 aromatic carbocycles. The minimum Gasteiger partial charge on any atom is -0.351 e. The number of carbonyl (C=O) groups is 2. The summed E-state index contributed by atoms with van der Waals surface area (Å²) in [6.07, 6.45) is 0. The van der Waals surface area contributed by atoms with E-state index >= 15 is 0 Å². The van der Waals surface area contributed by atoms with Gasteiger partial charge in [0.05, 0.1) is 0 Å². The number of carbonyl (C=O) groups excluding carboxylic acids is 2. The molecule has 5 heteroatoms. The van der Waals surface area contributed by atoms with E-state index in [9.17, 15) is 9.59 Å². The second kappa shape index (κ2) is 2.77. The van der Waals surface area contributed by atoms with Crippen molar-refractivity contribution in [2.24, 2.45) is 5.73 Å². The van der Waals surface area contributed by atoms with Gasteiger partial charge in [-0.25, -0.2) is 4.79 Å². The molecule has 0 unspecified atom stereocenters. The molecule has 11 heavy (non-hydrogen) atoms. The number of amides is 3. The summed E-state index contributed by atoms with van der Waals surface area (Å²) >= 11 is 0. The highest BCUT2D eigenvalue weighted by molar-refractivity contribution is 5.84. The minimum atomic E-state index is -0.522. The third kappa shape index (κ3) is 1.60. The molecule has 2 N–H and O–H groups in total. The number of piperazine rings is 1. The Morgan fingerprint density at radius 1 is 1.55 bits per heavy atom.